The zero-order valence-electron chi connectivity index (χ0n) is 35.0. The van der Waals surface area contributed by atoms with Crippen molar-refractivity contribution < 1.29 is 0 Å². The zero-order valence-corrected chi connectivity index (χ0v) is 35.8. The van der Waals surface area contributed by atoms with E-state index in [4.69, 9.17) is 8.75 Å². The third kappa shape index (κ3) is 8.23. The average molecular weight is 779 g/mol. The summed E-state index contributed by atoms with van der Waals surface area (Å²) < 4.78 is 10.1. The minimum atomic E-state index is -0.0228. The van der Waals surface area contributed by atoms with Crippen molar-refractivity contribution in [1.82, 2.24) is 8.75 Å². The lowest BCUT2D eigenvalue weighted by molar-refractivity contribution is 0.398. The molecule has 0 saturated carbocycles. The highest BCUT2D eigenvalue weighted by atomic mass is 32.1. The lowest BCUT2D eigenvalue weighted by Gasteiger charge is -2.34. The first-order chi connectivity index (χ1) is 28.6. The molecule has 4 heteroatoms. The standard InChI is InChI=1S/C54H59BN2S/c1-4-6-8-10-12-22-36-54(37-23-13-11-9-7-5-2)49-29-21-20-28-45(49)47-39-51(55(42-24-16-14-17-25-42)43-26-18-15-19-27-43)48(38-50(47)54)46-35-34-44(52-53(46)57-58-56-52)41-32-30-40(3)31-33-41/h14-21,24-35,38-39H,4-13,22-23,36-37H2,1-3H3. The minimum absolute atomic E-state index is 0.0228. The Bertz CT molecular complexity index is 2340. The number of nitrogens with zero attached hydrogens (tertiary/aromatic N) is 2. The highest BCUT2D eigenvalue weighted by Gasteiger charge is 2.43. The molecule has 0 aliphatic heterocycles. The van der Waals surface area contributed by atoms with Gasteiger partial charge >= 0.3 is 0 Å². The van der Waals surface area contributed by atoms with E-state index in [1.165, 1.54) is 157 Å². The lowest BCUT2D eigenvalue weighted by atomic mass is 9.36. The van der Waals surface area contributed by atoms with Gasteiger partial charge in [-0.25, -0.2) is 0 Å². The van der Waals surface area contributed by atoms with Gasteiger partial charge in [-0.3, -0.25) is 0 Å². The number of aryl methyl sites for hydroxylation is 1. The van der Waals surface area contributed by atoms with E-state index in [9.17, 15) is 0 Å². The normalized spacial score (nSPS) is 12.8. The number of hydrogen-bond donors (Lipinski definition) is 0. The zero-order chi connectivity index (χ0) is 39.7. The molecule has 0 N–H and O–H groups in total. The van der Waals surface area contributed by atoms with Gasteiger partial charge in [0.25, 0.3) is 0 Å². The predicted octanol–water partition coefficient (Wildman–Crippen LogP) is 13.6. The van der Waals surface area contributed by atoms with Crippen LogP contribution in [0.1, 0.15) is 120 Å². The van der Waals surface area contributed by atoms with Crippen LogP contribution in [0.15, 0.2) is 133 Å². The number of aromatic nitrogens is 2. The summed E-state index contributed by atoms with van der Waals surface area (Å²) >= 11 is 1.33. The third-order valence-electron chi connectivity index (χ3n) is 13.0. The van der Waals surface area contributed by atoms with Crippen molar-refractivity contribution >= 4 is 45.9 Å². The van der Waals surface area contributed by atoms with Crippen LogP contribution in [0.25, 0.3) is 44.4 Å². The average Bonchev–Trinajstić information content (AvgIpc) is 3.86. The molecule has 2 nitrogen and oxygen atoms in total. The third-order valence-corrected chi connectivity index (χ3v) is 13.5. The van der Waals surface area contributed by atoms with Crippen molar-refractivity contribution in [3.8, 4) is 33.4 Å². The van der Waals surface area contributed by atoms with Gasteiger partial charge in [0.05, 0.1) is 11.7 Å². The number of hydrogen-bond acceptors (Lipinski definition) is 3. The molecule has 1 aromatic heterocycles. The number of fused-ring (bicyclic) bond motifs is 4. The van der Waals surface area contributed by atoms with Gasteiger partial charge in [-0.05, 0) is 53.1 Å². The molecular formula is C54H59BN2S. The van der Waals surface area contributed by atoms with E-state index < -0.39 is 0 Å². The molecule has 1 aliphatic carbocycles. The van der Waals surface area contributed by atoms with Crippen LogP contribution in [0.5, 0.6) is 0 Å². The second kappa shape index (κ2) is 18.9. The highest BCUT2D eigenvalue weighted by molar-refractivity contribution is 7.00. The van der Waals surface area contributed by atoms with Crippen LogP contribution in [-0.2, 0) is 5.41 Å². The lowest BCUT2D eigenvalue weighted by Crippen LogP contribution is -2.52. The first kappa shape index (κ1) is 40.0. The monoisotopic (exact) mass is 778 g/mol. The molecule has 6 aromatic carbocycles. The molecule has 8 rings (SSSR count). The fraction of sp³-hybridized carbons (Fsp3) is 0.333. The summed E-state index contributed by atoms with van der Waals surface area (Å²) in [5.74, 6) is 0. The Labute approximate surface area is 352 Å². The van der Waals surface area contributed by atoms with Gasteiger partial charge in [0.15, 0.2) is 0 Å². The van der Waals surface area contributed by atoms with Crippen molar-refractivity contribution in [2.45, 2.75) is 116 Å². The summed E-state index contributed by atoms with van der Waals surface area (Å²) in [4.78, 5) is 0. The van der Waals surface area contributed by atoms with Crippen molar-refractivity contribution in [2.75, 3.05) is 0 Å². The fourth-order valence-electron chi connectivity index (χ4n) is 9.96. The number of unbranched alkanes of at least 4 members (excludes halogenated alkanes) is 10. The summed E-state index contributed by atoms with van der Waals surface area (Å²) in [7, 11) is 0. The maximum atomic E-state index is 5.11. The molecule has 0 atom stereocenters. The largest absolute Gasteiger partial charge is 0.242 e. The van der Waals surface area contributed by atoms with Gasteiger partial charge < -0.3 is 0 Å². The molecule has 0 saturated heterocycles. The van der Waals surface area contributed by atoms with E-state index >= 15 is 0 Å². The summed E-state index contributed by atoms with van der Waals surface area (Å²) in [5.41, 5.74) is 17.9. The molecule has 0 amide bonds. The van der Waals surface area contributed by atoms with Crippen LogP contribution in [0.2, 0.25) is 0 Å². The van der Waals surface area contributed by atoms with Crippen molar-refractivity contribution in [3.05, 3.63) is 150 Å². The molecule has 58 heavy (non-hydrogen) atoms. The predicted molar refractivity (Wildman–Crippen MR) is 253 cm³/mol. The van der Waals surface area contributed by atoms with Crippen LogP contribution in [0.4, 0.5) is 0 Å². The SMILES string of the molecule is CCCCCCCCC1(CCCCCCCC)c2ccccc2-c2cc(B(c3ccccc3)c3ccccc3)c(-c3ccc(-c4ccc(C)cc4)c4nsnc34)cc21. The molecule has 1 aliphatic rings. The Morgan fingerprint density at radius 3 is 1.62 bits per heavy atom. The van der Waals surface area contributed by atoms with E-state index in [-0.39, 0.29) is 12.1 Å². The molecule has 0 fully saturated rings. The molecule has 1 heterocycles. The number of benzene rings is 6. The van der Waals surface area contributed by atoms with E-state index in [1.54, 1.807) is 5.56 Å². The molecule has 0 bridgehead atoms. The van der Waals surface area contributed by atoms with E-state index in [0.717, 1.165) is 16.6 Å². The van der Waals surface area contributed by atoms with E-state index in [1.807, 2.05) is 0 Å². The van der Waals surface area contributed by atoms with Crippen LogP contribution in [-0.4, -0.2) is 15.5 Å². The van der Waals surface area contributed by atoms with Gasteiger partial charge in [0.2, 0.25) is 6.71 Å². The van der Waals surface area contributed by atoms with E-state index in [0.29, 0.717) is 0 Å². The summed E-state index contributed by atoms with van der Waals surface area (Å²) in [6.07, 6.45) is 18.1. The van der Waals surface area contributed by atoms with E-state index in [2.05, 4.69) is 154 Å². The van der Waals surface area contributed by atoms with Crippen molar-refractivity contribution in [1.29, 1.82) is 0 Å². The van der Waals surface area contributed by atoms with Crippen LogP contribution >= 0.6 is 11.7 Å². The molecular weight excluding hydrogens is 719 g/mol. The van der Waals surface area contributed by atoms with Gasteiger partial charge in [-0.2, -0.15) is 8.75 Å². The van der Waals surface area contributed by atoms with Crippen LogP contribution in [0, 0.1) is 6.92 Å². The topological polar surface area (TPSA) is 25.8 Å². The first-order valence-corrected chi connectivity index (χ1v) is 23.1. The molecule has 0 spiro atoms. The van der Waals surface area contributed by atoms with Gasteiger partial charge in [-0.1, -0.05) is 246 Å². The quantitative estimate of drug-likeness (QED) is 0.0604. The van der Waals surface area contributed by atoms with Crippen molar-refractivity contribution in [3.63, 3.8) is 0 Å². The van der Waals surface area contributed by atoms with Gasteiger partial charge in [0.1, 0.15) is 11.0 Å². The molecule has 7 aromatic rings. The van der Waals surface area contributed by atoms with Crippen LogP contribution in [0.3, 0.4) is 0 Å². The fourth-order valence-corrected chi connectivity index (χ4v) is 10.5. The van der Waals surface area contributed by atoms with Gasteiger partial charge in [-0.15, -0.1) is 0 Å². The Hall–Kier alpha value is -4.80. The highest BCUT2D eigenvalue weighted by Crippen LogP contribution is 2.55. The maximum Gasteiger partial charge on any atom is 0.242 e. The number of rotatable bonds is 19. The second-order valence-corrected chi connectivity index (χ2v) is 17.4. The van der Waals surface area contributed by atoms with Crippen molar-refractivity contribution in [2.24, 2.45) is 0 Å². The Morgan fingerprint density at radius 2 is 1.00 bits per heavy atom. The summed E-state index contributed by atoms with van der Waals surface area (Å²) in [6.45, 7) is 6.83. The molecule has 0 unspecified atom stereocenters. The summed E-state index contributed by atoms with van der Waals surface area (Å²) in [5, 5.41) is 0. The Morgan fingerprint density at radius 1 is 0.466 bits per heavy atom. The Kier molecular flexibility index (Phi) is 13.0. The maximum absolute atomic E-state index is 5.11. The second-order valence-electron chi connectivity index (χ2n) is 16.9. The molecule has 0 radical (unpaired) electrons. The minimum Gasteiger partial charge on any atom is -0.172 e. The summed E-state index contributed by atoms with van der Waals surface area (Å²) in [6, 6.07) is 50.5. The Balaban J connectivity index is 1.35. The smallest absolute Gasteiger partial charge is 0.172 e. The molecule has 294 valence electrons. The van der Waals surface area contributed by atoms with Crippen LogP contribution < -0.4 is 16.4 Å². The first-order valence-electron chi connectivity index (χ1n) is 22.3. The van der Waals surface area contributed by atoms with Gasteiger partial charge in [0, 0.05) is 16.5 Å².